The lowest BCUT2D eigenvalue weighted by Gasteiger charge is -2.29. The van der Waals surface area contributed by atoms with Crippen LogP contribution in [0.25, 0.3) is 0 Å². The number of amides is 1. The molecular weight excluding hydrogens is 390 g/mol. The SMILES string of the molecule is CC(C)(C)OC(=O)N1CCCC[C@H](Nc2cc(Br)ccc2[N+](=O)[O-])C1. The van der Waals surface area contributed by atoms with Crippen LogP contribution in [0.4, 0.5) is 16.2 Å². The van der Waals surface area contributed by atoms with Gasteiger partial charge in [0.15, 0.2) is 0 Å². The number of nitrogens with zero attached hydrogens (tertiary/aromatic N) is 2. The Morgan fingerprint density at radius 1 is 1.40 bits per heavy atom. The number of nitro groups is 1. The largest absolute Gasteiger partial charge is 0.444 e. The van der Waals surface area contributed by atoms with Crippen LogP contribution in [0.1, 0.15) is 40.0 Å². The molecule has 7 nitrogen and oxygen atoms in total. The molecular formula is C17H24BrN3O4. The van der Waals surface area contributed by atoms with E-state index in [0.29, 0.717) is 18.8 Å². The van der Waals surface area contributed by atoms with Crippen molar-refractivity contribution in [2.24, 2.45) is 0 Å². The molecule has 1 aromatic carbocycles. The molecule has 0 spiro atoms. The van der Waals surface area contributed by atoms with Gasteiger partial charge in [-0.15, -0.1) is 0 Å². The van der Waals surface area contributed by atoms with Crippen molar-refractivity contribution in [3.05, 3.63) is 32.8 Å². The van der Waals surface area contributed by atoms with Crippen molar-refractivity contribution in [2.45, 2.75) is 51.7 Å². The second kappa shape index (κ2) is 8.03. The number of rotatable bonds is 3. The fourth-order valence-corrected chi connectivity index (χ4v) is 3.12. The zero-order valence-electron chi connectivity index (χ0n) is 14.8. The van der Waals surface area contributed by atoms with Crippen LogP contribution in [0.5, 0.6) is 0 Å². The smallest absolute Gasteiger partial charge is 0.410 e. The lowest BCUT2D eigenvalue weighted by atomic mass is 10.1. The maximum Gasteiger partial charge on any atom is 0.410 e. The first-order valence-corrected chi connectivity index (χ1v) is 9.13. The third-order valence-corrected chi connectivity index (χ3v) is 4.33. The molecule has 0 aliphatic carbocycles. The van der Waals surface area contributed by atoms with Gasteiger partial charge in [0.1, 0.15) is 11.3 Å². The maximum atomic E-state index is 12.4. The Kier molecular flexibility index (Phi) is 6.26. The van der Waals surface area contributed by atoms with Crippen molar-refractivity contribution in [2.75, 3.05) is 18.4 Å². The van der Waals surface area contributed by atoms with Crippen LogP contribution in [0.15, 0.2) is 22.7 Å². The van der Waals surface area contributed by atoms with Crippen molar-refractivity contribution in [3.63, 3.8) is 0 Å². The average molecular weight is 414 g/mol. The van der Waals surface area contributed by atoms with Crippen LogP contribution in [0, 0.1) is 10.1 Å². The first-order chi connectivity index (χ1) is 11.7. The van der Waals surface area contributed by atoms with Crippen molar-refractivity contribution in [3.8, 4) is 0 Å². The monoisotopic (exact) mass is 413 g/mol. The third-order valence-electron chi connectivity index (χ3n) is 3.84. The van der Waals surface area contributed by atoms with Gasteiger partial charge >= 0.3 is 6.09 Å². The fraction of sp³-hybridized carbons (Fsp3) is 0.588. The van der Waals surface area contributed by atoms with Crippen LogP contribution in [0.3, 0.4) is 0 Å². The number of benzene rings is 1. The lowest BCUT2D eigenvalue weighted by Crippen LogP contribution is -2.42. The molecule has 1 fully saturated rings. The van der Waals surface area contributed by atoms with Crippen LogP contribution >= 0.6 is 15.9 Å². The number of nitro benzene ring substituents is 1. The summed E-state index contributed by atoms with van der Waals surface area (Å²) in [5, 5.41) is 14.5. The van der Waals surface area contributed by atoms with E-state index in [-0.39, 0.29) is 17.8 Å². The second-order valence-electron chi connectivity index (χ2n) is 7.18. The lowest BCUT2D eigenvalue weighted by molar-refractivity contribution is -0.384. The highest BCUT2D eigenvalue weighted by Gasteiger charge is 2.27. The molecule has 8 heteroatoms. The molecule has 1 heterocycles. The van der Waals surface area contributed by atoms with Crippen LogP contribution in [0.2, 0.25) is 0 Å². The molecule has 138 valence electrons. The van der Waals surface area contributed by atoms with E-state index < -0.39 is 10.5 Å². The predicted molar refractivity (Wildman–Crippen MR) is 99.9 cm³/mol. The van der Waals surface area contributed by atoms with E-state index in [9.17, 15) is 14.9 Å². The summed E-state index contributed by atoms with van der Waals surface area (Å²) in [6.45, 7) is 6.60. The number of nitrogens with one attached hydrogen (secondary N) is 1. The number of ether oxygens (including phenoxy) is 1. The molecule has 1 aliphatic rings. The summed E-state index contributed by atoms with van der Waals surface area (Å²) in [5.41, 5.74) is -0.0678. The van der Waals surface area contributed by atoms with E-state index in [0.717, 1.165) is 23.7 Å². The minimum absolute atomic E-state index is 0.0243. The number of hydrogen-bond acceptors (Lipinski definition) is 5. The van der Waals surface area contributed by atoms with Gasteiger partial charge in [0.05, 0.1) is 4.92 Å². The van der Waals surface area contributed by atoms with Gasteiger partial charge in [0, 0.05) is 29.7 Å². The summed E-state index contributed by atoms with van der Waals surface area (Å²) in [4.78, 5) is 24.9. The minimum Gasteiger partial charge on any atom is -0.444 e. The molecule has 0 saturated carbocycles. The molecule has 1 aliphatic heterocycles. The Morgan fingerprint density at radius 3 is 2.76 bits per heavy atom. The van der Waals surface area contributed by atoms with E-state index in [1.165, 1.54) is 6.07 Å². The molecule has 25 heavy (non-hydrogen) atoms. The highest BCUT2D eigenvalue weighted by atomic mass is 79.9. The summed E-state index contributed by atoms with van der Waals surface area (Å²) in [5.74, 6) is 0. The number of carbonyl (C=O) groups is 1. The highest BCUT2D eigenvalue weighted by Crippen LogP contribution is 2.29. The molecule has 0 bridgehead atoms. The van der Waals surface area contributed by atoms with Crippen LogP contribution in [-0.4, -0.2) is 40.6 Å². The molecule has 1 saturated heterocycles. The molecule has 0 aromatic heterocycles. The summed E-state index contributed by atoms with van der Waals surface area (Å²) >= 11 is 3.35. The molecule has 1 amide bonds. The van der Waals surface area contributed by atoms with Gasteiger partial charge in [-0.2, -0.15) is 0 Å². The zero-order chi connectivity index (χ0) is 18.6. The quantitative estimate of drug-likeness (QED) is 0.579. The first-order valence-electron chi connectivity index (χ1n) is 8.34. The Morgan fingerprint density at radius 2 is 2.12 bits per heavy atom. The van der Waals surface area contributed by atoms with Crippen LogP contribution < -0.4 is 5.32 Å². The molecule has 0 radical (unpaired) electrons. The molecule has 0 unspecified atom stereocenters. The van der Waals surface area contributed by atoms with Gasteiger partial charge < -0.3 is 15.0 Å². The Balaban J connectivity index is 2.13. The Labute approximate surface area is 156 Å². The number of anilines is 1. The summed E-state index contributed by atoms with van der Waals surface area (Å²) in [6.07, 6.45) is 2.32. The highest BCUT2D eigenvalue weighted by molar-refractivity contribution is 9.10. The first kappa shape index (κ1) is 19.5. The minimum atomic E-state index is -0.546. The Bertz CT molecular complexity index is 645. The van der Waals surface area contributed by atoms with E-state index in [4.69, 9.17) is 4.74 Å². The molecule has 1 N–H and O–H groups in total. The molecule has 2 rings (SSSR count). The van der Waals surface area contributed by atoms with Gasteiger partial charge in [-0.3, -0.25) is 10.1 Å². The van der Waals surface area contributed by atoms with Crippen molar-refractivity contribution in [1.29, 1.82) is 0 Å². The van der Waals surface area contributed by atoms with Gasteiger partial charge in [0.2, 0.25) is 0 Å². The third kappa shape index (κ3) is 5.88. The summed E-state index contributed by atoms with van der Waals surface area (Å²) in [6, 6.07) is 4.74. The number of hydrogen-bond donors (Lipinski definition) is 1. The molecule has 1 aromatic rings. The maximum absolute atomic E-state index is 12.4. The number of halogens is 1. The zero-order valence-corrected chi connectivity index (χ0v) is 16.3. The Hall–Kier alpha value is -1.83. The van der Waals surface area contributed by atoms with E-state index in [1.807, 2.05) is 20.8 Å². The van der Waals surface area contributed by atoms with Gasteiger partial charge in [-0.1, -0.05) is 15.9 Å². The van der Waals surface area contributed by atoms with Crippen molar-refractivity contribution < 1.29 is 14.5 Å². The molecule has 1 atom stereocenters. The van der Waals surface area contributed by atoms with E-state index in [2.05, 4.69) is 21.2 Å². The van der Waals surface area contributed by atoms with Gasteiger partial charge in [-0.25, -0.2) is 4.79 Å². The van der Waals surface area contributed by atoms with Crippen molar-refractivity contribution >= 4 is 33.4 Å². The fourth-order valence-electron chi connectivity index (χ4n) is 2.76. The predicted octanol–water partition coefficient (Wildman–Crippen LogP) is 4.56. The topological polar surface area (TPSA) is 84.7 Å². The average Bonchev–Trinajstić information content (AvgIpc) is 2.71. The van der Waals surface area contributed by atoms with E-state index >= 15 is 0 Å². The van der Waals surface area contributed by atoms with E-state index in [1.54, 1.807) is 17.0 Å². The van der Waals surface area contributed by atoms with Gasteiger partial charge in [0.25, 0.3) is 5.69 Å². The summed E-state index contributed by atoms with van der Waals surface area (Å²) in [7, 11) is 0. The van der Waals surface area contributed by atoms with Gasteiger partial charge in [-0.05, 0) is 52.2 Å². The summed E-state index contributed by atoms with van der Waals surface area (Å²) < 4.78 is 6.22. The standard InChI is InChI=1S/C17H24BrN3O4/c1-17(2,3)25-16(22)20-9-5-4-6-13(11-20)19-14-10-12(18)7-8-15(14)21(23)24/h7-8,10,13,19H,4-6,9,11H2,1-3H3/t13-/m0/s1. The number of carbonyl (C=O) groups excluding carboxylic acids is 1. The van der Waals surface area contributed by atoms with Crippen molar-refractivity contribution in [1.82, 2.24) is 4.90 Å². The number of likely N-dealkylation sites (tertiary alicyclic amines) is 1. The van der Waals surface area contributed by atoms with Crippen LogP contribution in [-0.2, 0) is 4.74 Å². The second-order valence-corrected chi connectivity index (χ2v) is 8.10. The normalized spacial score (nSPS) is 18.4.